The van der Waals surface area contributed by atoms with Gasteiger partial charge in [-0.1, -0.05) is 0 Å². The van der Waals surface area contributed by atoms with Crippen LogP contribution in [0.25, 0.3) is 0 Å². The summed E-state index contributed by atoms with van der Waals surface area (Å²) >= 11 is 3.47. The first-order valence-electron chi connectivity index (χ1n) is 5.32. The van der Waals surface area contributed by atoms with E-state index in [1.165, 1.54) is 5.56 Å². The smallest absolute Gasteiger partial charge is 0.133 e. The maximum absolute atomic E-state index is 5.42. The highest BCUT2D eigenvalue weighted by molar-refractivity contribution is 9.10. The summed E-state index contributed by atoms with van der Waals surface area (Å²) in [5, 5.41) is 3.35. The zero-order valence-electron chi connectivity index (χ0n) is 9.71. The lowest BCUT2D eigenvalue weighted by Gasteiger charge is -2.36. The summed E-state index contributed by atoms with van der Waals surface area (Å²) in [6.07, 6.45) is 0. The van der Waals surface area contributed by atoms with Crippen LogP contribution < -0.4 is 14.8 Å². The van der Waals surface area contributed by atoms with Gasteiger partial charge in [-0.15, -0.1) is 0 Å². The van der Waals surface area contributed by atoms with Gasteiger partial charge in [-0.25, -0.2) is 0 Å². The van der Waals surface area contributed by atoms with Crippen molar-refractivity contribution in [3.05, 3.63) is 22.2 Å². The number of hydrogen-bond acceptors (Lipinski definition) is 3. The number of rotatable bonds is 3. The molecule has 1 aromatic rings. The lowest BCUT2D eigenvalue weighted by molar-refractivity contribution is 0.317. The molecule has 2 rings (SSSR count). The van der Waals surface area contributed by atoms with Crippen molar-refractivity contribution in [3.63, 3.8) is 0 Å². The third-order valence-electron chi connectivity index (χ3n) is 3.17. The summed E-state index contributed by atoms with van der Waals surface area (Å²) < 4.78 is 11.7. The molecule has 2 atom stereocenters. The Morgan fingerprint density at radius 3 is 2.38 bits per heavy atom. The number of nitrogens with one attached hydrogen (secondary N) is 1. The number of methoxy groups -OCH3 is 2. The highest BCUT2D eigenvalue weighted by atomic mass is 79.9. The van der Waals surface area contributed by atoms with Crippen molar-refractivity contribution in [2.24, 2.45) is 0 Å². The zero-order chi connectivity index (χ0) is 11.7. The first-order chi connectivity index (χ1) is 7.67. The van der Waals surface area contributed by atoms with E-state index in [9.17, 15) is 0 Å². The average molecular weight is 286 g/mol. The van der Waals surface area contributed by atoms with Crippen LogP contribution >= 0.6 is 15.9 Å². The van der Waals surface area contributed by atoms with Crippen molar-refractivity contribution in [1.29, 1.82) is 0 Å². The Balaban J connectivity index is 2.41. The predicted octanol–water partition coefficient (Wildman–Crippen LogP) is 2.54. The molecule has 1 aromatic carbocycles. The molecule has 88 valence electrons. The summed E-state index contributed by atoms with van der Waals surface area (Å²) in [6.45, 7) is 3.18. The zero-order valence-corrected chi connectivity index (χ0v) is 11.3. The van der Waals surface area contributed by atoms with Crippen LogP contribution in [0.5, 0.6) is 11.5 Å². The molecule has 0 bridgehead atoms. The summed E-state index contributed by atoms with van der Waals surface area (Å²) in [6, 6.07) is 4.53. The van der Waals surface area contributed by atoms with Crippen LogP contribution in [0.15, 0.2) is 16.6 Å². The van der Waals surface area contributed by atoms with Gasteiger partial charge in [0.2, 0.25) is 0 Å². The molecule has 1 fully saturated rings. The third-order valence-corrected chi connectivity index (χ3v) is 3.79. The van der Waals surface area contributed by atoms with Gasteiger partial charge in [0.1, 0.15) is 11.5 Å². The molecule has 0 spiro atoms. The number of benzene rings is 1. The lowest BCUT2D eigenvalue weighted by Crippen LogP contribution is -2.48. The SMILES string of the molecule is COc1cc(C2CN[C@@H]2C)c(OC)cc1Br. The van der Waals surface area contributed by atoms with Crippen molar-refractivity contribution in [3.8, 4) is 11.5 Å². The molecule has 0 aromatic heterocycles. The van der Waals surface area contributed by atoms with Gasteiger partial charge in [-0.2, -0.15) is 0 Å². The molecule has 0 aliphatic carbocycles. The normalized spacial score (nSPS) is 23.8. The molecular formula is C12H16BrNO2. The number of ether oxygens (including phenoxy) is 2. The maximum atomic E-state index is 5.42. The summed E-state index contributed by atoms with van der Waals surface area (Å²) in [4.78, 5) is 0. The van der Waals surface area contributed by atoms with Gasteiger partial charge < -0.3 is 14.8 Å². The van der Waals surface area contributed by atoms with Crippen LogP contribution in [-0.2, 0) is 0 Å². The molecule has 1 saturated heterocycles. The van der Waals surface area contributed by atoms with Crippen LogP contribution in [0.4, 0.5) is 0 Å². The van der Waals surface area contributed by atoms with E-state index in [-0.39, 0.29) is 0 Å². The van der Waals surface area contributed by atoms with Crippen LogP contribution in [-0.4, -0.2) is 26.8 Å². The summed E-state index contributed by atoms with van der Waals surface area (Å²) in [5.74, 6) is 2.29. The summed E-state index contributed by atoms with van der Waals surface area (Å²) in [7, 11) is 3.38. The first-order valence-corrected chi connectivity index (χ1v) is 6.11. The Kier molecular flexibility index (Phi) is 3.40. The quantitative estimate of drug-likeness (QED) is 0.926. The number of halogens is 1. The second-order valence-corrected chi connectivity index (χ2v) is 4.89. The molecule has 1 heterocycles. The predicted molar refractivity (Wildman–Crippen MR) is 67.5 cm³/mol. The standard InChI is InChI=1S/C12H16BrNO2/c1-7-9(6-14-7)8-4-12(16-3)10(13)5-11(8)15-2/h4-5,7,9,14H,6H2,1-3H3/t7-,9?/m1/s1. The second kappa shape index (κ2) is 4.63. The highest BCUT2D eigenvalue weighted by Crippen LogP contribution is 2.39. The second-order valence-electron chi connectivity index (χ2n) is 4.03. The fraction of sp³-hybridized carbons (Fsp3) is 0.500. The van der Waals surface area contributed by atoms with Crippen molar-refractivity contribution in [2.75, 3.05) is 20.8 Å². The molecular weight excluding hydrogens is 270 g/mol. The van der Waals surface area contributed by atoms with Crippen molar-refractivity contribution >= 4 is 15.9 Å². The minimum absolute atomic E-state index is 0.500. The first kappa shape index (κ1) is 11.7. The van der Waals surface area contributed by atoms with Crippen molar-refractivity contribution < 1.29 is 9.47 Å². The van der Waals surface area contributed by atoms with E-state index in [2.05, 4.69) is 34.2 Å². The molecule has 1 aliphatic heterocycles. The largest absolute Gasteiger partial charge is 0.496 e. The van der Waals surface area contributed by atoms with Crippen LogP contribution in [0.3, 0.4) is 0 Å². The number of hydrogen-bond donors (Lipinski definition) is 1. The third kappa shape index (κ3) is 1.92. The molecule has 1 unspecified atom stereocenters. The van der Waals surface area contributed by atoms with Gasteiger partial charge in [0.25, 0.3) is 0 Å². The molecule has 3 nitrogen and oxygen atoms in total. The monoisotopic (exact) mass is 285 g/mol. The Bertz CT molecular complexity index is 395. The molecule has 1 aliphatic rings. The Hall–Kier alpha value is -0.740. The van der Waals surface area contributed by atoms with Crippen LogP contribution in [0.1, 0.15) is 18.4 Å². The van der Waals surface area contributed by atoms with E-state index in [1.807, 2.05) is 6.07 Å². The maximum Gasteiger partial charge on any atom is 0.133 e. The van der Waals surface area contributed by atoms with E-state index in [0.29, 0.717) is 12.0 Å². The Morgan fingerprint density at radius 2 is 1.94 bits per heavy atom. The van der Waals surface area contributed by atoms with E-state index < -0.39 is 0 Å². The van der Waals surface area contributed by atoms with Gasteiger partial charge in [0.05, 0.1) is 18.7 Å². The minimum Gasteiger partial charge on any atom is -0.496 e. The molecule has 0 radical (unpaired) electrons. The fourth-order valence-corrected chi connectivity index (χ4v) is 2.51. The Labute approximate surface area is 104 Å². The summed E-state index contributed by atoms with van der Waals surface area (Å²) in [5.41, 5.74) is 1.22. The van der Waals surface area contributed by atoms with Crippen LogP contribution in [0, 0.1) is 0 Å². The van der Waals surface area contributed by atoms with Crippen molar-refractivity contribution in [1.82, 2.24) is 5.32 Å². The van der Waals surface area contributed by atoms with Gasteiger partial charge in [0.15, 0.2) is 0 Å². The van der Waals surface area contributed by atoms with E-state index in [1.54, 1.807) is 14.2 Å². The Morgan fingerprint density at radius 1 is 1.25 bits per heavy atom. The topological polar surface area (TPSA) is 30.5 Å². The fourth-order valence-electron chi connectivity index (χ4n) is 2.02. The van der Waals surface area contributed by atoms with Gasteiger partial charge >= 0.3 is 0 Å². The van der Waals surface area contributed by atoms with Gasteiger partial charge in [-0.3, -0.25) is 0 Å². The molecule has 0 amide bonds. The molecule has 16 heavy (non-hydrogen) atoms. The molecule has 0 saturated carbocycles. The van der Waals surface area contributed by atoms with E-state index in [4.69, 9.17) is 9.47 Å². The minimum atomic E-state index is 0.500. The van der Waals surface area contributed by atoms with Gasteiger partial charge in [0, 0.05) is 24.1 Å². The van der Waals surface area contributed by atoms with Crippen molar-refractivity contribution in [2.45, 2.75) is 18.9 Å². The molecule has 4 heteroatoms. The van der Waals surface area contributed by atoms with Crippen LogP contribution in [0.2, 0.25) is 0 Å². The van der Waals surface area contributed by atoms with E-state index in [0.717, 1.165) is 22.5 Å². The molecule has 1 N–H and O–H groups in total. The highest BCUT2D eigenvalue weighted by Gasteiger charge is 2.30. The van der Waals surface area contributed by atoms with E-state index >= 15 is 0 Å². The lowest BCUT2D eigenvalue weighted by atomic mass is 9.85. The van der Waals surface area contributed by atoms with Gasteiger partial charge in [-0.05, 0) is 35.0 Å². The average Bonchev–Trinajstić information content (AvgIpc) is 2.28.